The smallest absolute Gasteiger partial charge is 0.354 e. The number of amides is 2. The van der Waals surface area contributed by atoms with Gasteiger partial charge in [-0.15, -0.1) is 0 Å². The molecule has 2 aromatic rings. The van der Waals surface area contributed by atoms with Gasteiger partial charge in [0.05, 0.1) is 11.1 Å². The number of anilines is 1. The van der Waals surface area contributed by atoms with Gasteiger partial charge in [0.15, 0.2) is 5.69 Å². The summed E-state index contributed by atoms with van der Waals surface area (Å²) in [5.41, 5.74) is -0.402. The van der Waals surface area contributed by atoms with Gasteiger partial charge >= 0.3 is 5.97 Å². The second-order valence-corrected chi connectivity index (χ2v) is 6.09. The minimum atomic E-state index is -1.32. The number of aliphatic hydroxyl groups excluding tert-OH is 1. The number of halogens is 1. The van der Waals surface area contributed by atoms with Crippen molar-refractivity contribution in [3.63, 3.8) is 0 Å². The summed E-state index contributed by atoms with van der Waals surface area (Å²) in [7, 11) is 0. The molecule has 1 aliphatic rings. The Kier molecular flexibility index (Phi) is 4.87. The maximum atomic E-state index is 12.2. The van der Waals surface area contributed by atoms with Crippen LogP contribution in [-0.4, -0.2) is 66.9 Å². The topological polar surface area (TPSA) is 138 Å². The van der Waals surface area contributed by atoms with Gasteiger partial charge in [-0.1, -0.05) is 11.6 Å². The fourth-order valence-electron chi connectivity index (χ4n) is 2.37. The fraction of sp³-hybridized carbons (Fsp3) is 0.267. The average Bonchev–Trinajstić information content (AvgIpc) is 2.97. The van der Waals surface area contributed by atoms with Crippen molar-refractivity contribution in [2.45, 2.75) is 12.6 Å². The normalized spacial score (nSPS) is 14.0. The van der Waals surface area contributed by atoms with Crippen molar-refractivity contribution in [3.05, 3.63) is 40.8 Å². The number of nitrogens with zero attached hydrogens (tertiary/aromatic N) is 4. The first-order chi connectivity index (χ1) is 12.3. The third-order valence-electron chi connectivity index (χ3n) is 3.66. The standard InChI is InChI=1S/C15H14ClN5O5/c16-8-1-2-12(17-4-8)18-13(23)7-21-11(15(25)26)3-10(19-21)14(24)20-5-9(22)6-20/h1-4,9,22H,5-7H2,(H,25,26)(H,17,18,23). The number of aromatic carboxylic acids is 1. The molecule has 3 N–H and O–H groups in total. The van der Waals surface area contributed by atoms with Gasteiger partial charge < -0.3 is 20.4 Å². The first-order valence-electron chi connectivity index (χ1n) is 7.53. The lowest BCUT2D eigenvalue weighted by molar-refractivity contribution is -0.116. The highest BCUT2D eigenvalue weighted by Crippen LogP contribution is 2.14. The van der Waals surface area contributed by atoms with Gasteiger partial charge in [0.2, 0.25) is 5.91 Å². The number of aromatic nitrogens is 3. The average molecular weight is 380 g/mol. The Morgan fingerprint density at radius 2 is 2.04 bits per heavy atom. The monoisotopic (exact) mass is 379 g/mol. The minimum absolute atomic E-state index is 0.105. The van der Waals surface area contributed by atoms with Gasteiger partial charge in [-0.05, 0) is 12.1 Å². The Morgan fingerprint density at radius 3 is 2.62 bits per heavy atom. The van der Waals surface area contributed by atoms with Crippen LogP contribution in [0.15, 0.2) is 24.4 Å². The summed E-state index contributed by atoms with van der Waals surface area (Å²) in [4.78, 5) is 40.9. The van der Waals surface area contributed by atoms with E-state index in [1.54, 1.807) is 6.07 Å². The van der Waals surface area contributed by atoms with E-state index in [-0.39, 0.29) is 30.3 Å². The molecular weight excluding hydrogens is 366 g/mol. The molecule has 136 valence electrons. The summed E-state index contributed by atoms with van der Waals surface area (Å²) >= 11 is 5.71. The molecule has 2 amide bonds. The van der Waals surface area contributed by atoms with Crippen LogP contribution in [0.25, 0.3) is 0 Å². The van der Waals surface area contributed by atoms with Crippen LogP contribution >= 0.6 is 11.6 Å². The van der Waals surface area contributed by atoms with Crippen LogP contribution in [0.3, 0.4) is 0 Å². The molecule has 1 fully saturated rings. The predicted molar refractivity (Wildman–Crippen MR) is 89.0 cm³/mol. The molecule has 10 nitrogen and oxygen atoms in total. The number of rotatable bonds is 5. The second kappa shape index (κ2) is 7.10. The summed E-state index contributed by atoms with van der Waals surface area (Å²) < 4.78 is 0.928. The van der Waals surface area contributed by atoms with Gasteiger partial charge in [-0.25, -0.2) is 14.5 Å². The number of hydrogen-bond donors (Lipinski definition) is 3. The Balaban J connectivity index is 1.73. The lowest BCUT2D eigenvalue weighted by Crippen LogP contribution is -2.53. The van der Waals surface area contributed by atoms with Gasteiger partial charge in [-0.3, -0.25) is 9.59 Å². The van der Waals surface area contributed by atoms with E-state index < -0.39 is 30.4 Å². The largest absolute Gasteiger partial charge is 0.477 e. The molecule has 11 heteroatoms. The zero-order valence-electron chi connectivity index (χ0n) is 13.3. The maximum Gasteiger partial charge on any atom is 0.354 e. The molecule has 3 rings (SSSR count). The number of carboxylic acid groups (broad SMARTS) is 1. The summed E-state index contributed by atoms with van der Waals surface area (Å²) in [6, 6.07) is 4.13. The van der Waals surface area contributed by atoms with E-state index in [0.29, 0.717) is 5.02 Å². The Labute approximate surface area is 152 Å². The summed E-state index contributed by atoms with van der Waals surface area (Å²) in [6.45, 7) is -0.0878. The SMILES string of the molecule is O=C(Cn1nc(C(=O)N2CC(O)C2)cc1C(=O)O)Nc1ccc(Cl)cn1. The highest BCUT2D eigenvalue weighted by Gasteiger charge is 2.32. The number of aliphatic hydroxyl groups is 1. The number of nitrogens with one attached hydrogen (secondary N) is 1. The highest BCUT2D eigenvalue weighted by molar-refractivity contribution is 6.30. The first kappa shape index (κ1) is 17.8. The van der Waals surface area contributed by atoms with E-state index >= 15 is 0 Å². The molecule has 1 saturated heterocycles. The van der Waals surface area contributed by atoms with Gasteiger partial charge in [0.1, 0.15) is 18.1 Å². The van der Waals surface area contributed by atoms with E-state index in [1.165, 1.54) is 17.2 Å². The molecular formula is C15H14ClN5O5. The number of carbonyl (C=O) groups is 3. The van der Waals surface area contributed by atoms with Crippen LogP contribution in [0.5, 0.6) is 0 Å². The summed E-state index contributed by atoms with van der Waals surface area (Å²) in [5, 5.41) is 25.3. The molecule has 3 heterocycles. The lowest BCUT2D eigenvalue weighted by Gasteiger charge is -2.35. The van der Waals surface area contributed by atoms with Gasteiger partial charge in [0, 0.05) is 25.4 Å². The molecule has 0 aromatic carbocycles. The van der Waals surface area contributed by atoms with Crippen LogP contribution in [0, 0.1) is 0 Å². The third-order valence-corrected chi connectivity index (χ3v) is 3.88. The molecule has 0 spiro atoms. The Bertz CT molecular complexity index is 860. The van der Waals surface area contributed by atoms with Crippen molar-refractivity contribution < 1.29 is 24.6 Å². The van der Waals surface area contributed by atoms with E-state index in [9.17, 15) is 24.6 Å². The number of β-amino-alcohol motifs (C(OH)–C–C–N with tert-alkyl or cyclic N) is 1. The van der Waals surface area contributed by atoms with Gasteiger partial charge in [-0.2, -0.15) is 5.10 Å². The van der Waals surface area contributed by atoms with Crippen molar-refractivity contribution in [1.82, 2.24) is 19.7 Å². The van der Waals surface area contributed by atoms with Crippen molar-refractivity contribution in [2.75, 3.05) is 18.4 Å². The lowest BCUT2D eigenvalue weighted by atomic mass is 10.1. The Morgan fingerprint density at radius 1 is 1.31 bits per heavy atom. The first-order valence-corrected chi connectivity index (χ1v) is 7.91. The van der Waals surface area contributed by atoms with Crippen LogP contribution in [0.2, 0.25) is 5.02 Å². The number of carboxylic acids is 1. The third kappa shape index (κ3) is 3.81. The molecule has 0 atom stereocenters. The molecule has 26 heavy (non-hydrogen) atoms. The number of likely N-dealkylation sites (tertiary alicyclic amines) is 1. The molecule has 0 aliphatic carbocycles. The van der Waals surface area contributed by atoms with Crippen molar-refractivity contribution >= 4 is 35.2 Å². The van der Waals surface area contributed by atoms with Crippen LogP contribution in [0.1, 0.15) is 21.0 Å². The van der Waals surface area contributed by atoms with Gasteiger partial charge in [0.25, 0.3) is 5.91 Å². The summed E-state index contributed by atoms with van der Waals surface area (Å²) in [5.74, 6) is -2.15. The van der Waals surface area contributed by atoms with Crippen LogP contribution < -0.4 is 5.32 Å². The Hall–Kier alpha value is -2.98. The fourth-order valence-corrected chi connectivity index (χ4v) is 2.48. The second-order valence-electron chi connectivity index (χ2n) is 5.65. The van der Waals surface area contributed by atoms with Crippen molar-refractivity contribution in [2.24, 2.45) is 0 Å². The number of pyridine rings is 1. The zero-order valence-corrected chi connectivity index (χ0v) is 14.0. The van der Waals surface area contributed by atoms with E-state index in [0.717, 1.165) is 10.7 Å². The van der Waals surface area contributed by atoms with E-state index in [2.05, 4.69) is 15.4 Å². The molecule has 2 aromatic heterocycles. The quantitative estimate of drug-likeness (QED) is 0.669. The molecule has 0 saturated carbocycles. The zero-order chi connectivity index (χ0) is 18.8. The number of hydrogen-bond acceptors (Lipinski definition) is 6. The van der Waals surface area contributed by atoms with Crippen molar-refractivity contribution in [1.29, 1.82) is 0 Å². The van der Waals surface area contributed by atoms with E-state index in [4.69, 9.17) is 11.6 Å². The molecule has 0 bridgehead atoms. The molecule has 0 unspecified atom stereocenters. The highest BCUT2D eigenvalue weighted by atomic mass is 35.5. The molecule has 0 radical (unpaired) electrons. The molecule has 1 aliphatic heterocycles. The van der Waals surface area contributed by atoms with Crippen molar-refractivity contribution in [3.8, 4) is 0 Å². The number of carbonyl (C=O) groups excluding carboxylic acids is 2. The van der Waals surface area contributed by atoms with Crippen LogP contribution in [0.4, 0.5) is 5.82 Å². The van der Waals surface area contributed by atoms with E-state index in [1.807, 2.05) is 0 Å². The van der Waals surface area contributed by atoms with Crippen LogP contribution in [-0.2, 0) is 11.3 Å². The summed E-state index contributed by atoms with van der Waals surface area (Å²) in [6.07, 6.45) is 0.768. The maximum absolute atomic E-state index is 12.2. The predicted octanol–water partition coefficient (Wildman–Crippen LogP) is 0.0851. The minimum Gasteiger partial charge on any atom is -0.477 e.